The Bertz CT molecular complexity index is 1280. The van der Waals surface area contributed by atoms with Crippen LogP contribution in [0.4, 0.5) is 5.69 Å². The smallest absolute Gasteiger partial charge is 0.262 e. The first-order valence-electron chi connectivity index (χ1n) is 10.5. The van der Waals surface area contributed by atoms with Crippen LogP contribution in [0.2, 0.25) is 5.02 Å². The lowest BCUT2D eigenvalue weighted by Gasteiger charge is -2.26. The summed E-state index contributed by atoms with van der Waals surface area (Å²) in [4.78, 5) is 17.0. The predicted octanol–water partition coefficient (Wildman–Crippen LogP) is 4.09. The maximum absolute atomic E-state index is 13.0. The van der Waals surface area contributed by atoms with Crippen molar-refractivity contribution in [2.45, 2.75) is 24.2 Å². The van der Waals surface area contributed by atoms with Crippen LogP contribution in [-0.2, 0) is 14.8 Å². The quantitative estimate of drug-likeness (QED) is 0.536. The van der Waals surface area contributed by atoms with Crippen LogP contribution in [0.3, 0.4) is 0 Å². The van der Waals surface area contributed by atoms with Gasteiger partial charge in [-0.3, -0.25) is 9.78 Å². The number of hydrogen-bond donors (Lipinski definition) is 1. The highest BCUT2D eigenvalue weighted by atomic mass is 35.5. The molecule has 2 heterocycles. The van der Waals surface area contributed by atoms with E-state index in [4.69, 9.17) is 21.1 Å². The number of amides is 1. The van der Waals surface area contributed by atoms with Crippen LogP contribution in [0.25, 0.3) is 10.9 Å². The number of fused-ring (bicyclic) bond motifs is 1. The summed E-state index contributed by atoms with van der Waals surface area (Å²) in [6, 6.07) is 11.3. The van der Waals surface area contributed by atoms with Crippen molar-refractivity contribution in [1.29, 1.82) is 0 Å². The highest BCUT2D eigenvalue weighted by molar-refractivity contribution is 7.89. The number of aromatic nitrogens is 1. The highest BCUT2D eigenvalue weighted by Crippen LogP contribution is 2.31. The number of carbonyl (C=O) groups is 1. The third-order valence-corrected chi connectivity index (χ3v) is 7.66. The van der Waals surface area contributed by atoms with Gasteiger partial charge in [0.2, 0.25) is 10.0 Å². The van der Waals surface area contributed by atoms with Gasteiger partial charge in [-0.25, -0.2) is 8.42 Å². The van der Waals surface area contributed by atoms with Crippen LogP contribution in [0.1, 0.15) is 19.3 Å². The second-order valence-corrected chi connectivity index (χ2v) is 9.95. The number of nitrogens with one attached hydrogen (secondary N) is 1. The summed E-state index contributed by atoms with van der Waals surface area (Å²) in [7, 11) is -2.20. The molecule has 1 amide bonds. The third kappa shape index (κ3) is 5.05. The number of sulfonamides is 1. The molecular formula is C23H24ClN3O5S. The van der Waals surface area contributed by atoms with Crippen LogP contribution >= 0.6 is 11.6 Å². The molecule has 174 valence electrons. The second-order valence-electron chi connectivity index (χ2n) is 7.61. The van der Waals surface area contributed by atoms with Crippen molar-refractivity contribution in [2.75, 3.05) is 32.1 Å². The van der Waals surface area contributed by atoms with Gasteiger partial charge in [-0.15, -0.1) is 0 Å². The molecule has 0 bridgehead atoms. The van der Waals surface area contributed by atoms with Crippen LogP contribution < -0.4 is 14.8 Å². The van der Waals surface area contributed by atoms with Crippen LogP contribution in [-0.4, -0.2) is 50.4 Å². The van der Waals surface area contributed by atoms with E-state index in [1.165, 1.54) is 29.6 Å². The molecule has 3 aromatic rings. The number of ether oxygens (including phenoxy) is 2. The summed E-state index contributed by atoms with van der Waals surface area (Å²) in [5.74, 6) is 0.290. The Morgan fingerprint density at radius 2 is 1.88 bits per heavy atom. The van der Waals surface area contributed by atoms with Crippen molar-refractivity contribution in [2.24, 2.45) is 0 Å². The minimum Gasteiger partial charge on any atom is -0.495 e. The fraction of sp³-hybridized carbons (Fsp3) is 0.304. The van der Waals surface area contributed by atoms with Gasteiger partial charge in [-0.1, -0.05) is 18.0 Å². The molecule has 10 heteroatoms. The van der Waals surface area contributed by atoms with Gasteiger partial charge in [0.25, 0.3) is 5.91 Å². The number of pyridine rings is 1. The summed E-state index contributed by atoms with van der Waals surface area (Å²) in [5.41, 5.74) is 0.799. The molecule has 0 aliphatic carbocycles. The van der Waals surface area contributed by atoms with E-state index in [1.54, 1.807) is 24.4 Å². The lowest BCUT2D eigenvalue weighted by atomic mass is 10.2. The lowest BCUT2D eigenvalue weighted by Crippen LogP contribution is -2.35. The van der Waals surface area contributed by atoms with Crippen LogP contribution in [0.5, 0.6) is 11.5 Å². The summed E-state index contributed by atoms with van der Waals surface area (Å²) < 4.78 is 38.5. The largest absolute Gasteiger partial charge is 0.495 e. The molecule has 0 spiro atoms. The lowest BCUT2D eigenvalue weighted by molar-refractivity contribution is -0.118. The van der Waals surface area contributed by atoms with E-state index in [2.05, 4.69) is 10.3 Å². The molecule has 4 rings (SSSR count). The average molecular weight is 490 g/mol. The van der Waals surface area contributed by atoms with Gasteiger partial charge in [0.15, 0.2) is 6.61 Å². The normalized spacial score (nSPS) is 14.7. The summed E-state index contributed by atoms with van der Waals surface area (Å²) in [5, 5.41) is 3.94. The van der Waals surface area contributed by atoms with Crippen molar-refractivity contribution in [3.8, 4) is 11.5 Å². The molecule has 0 radical (unpaired) electrons. The zero-order chi connectivity index (χ0) is 23.4. The summed E-state index contributed by atoms with van der Waals surface area (Å²) in [6.07, 6.45) is 4.31. The molecule has 8 nitrogen and oxygen atoms in total. The van der Waals surface area contributed by atoms with Gasteiger partial charge in [0, 0.05) is 24.7 Å². The van der Waals surface area contributed by atoms with E-state index in [9.17, 15) is 13.2 Å². The molecule has 1 saturated heterocycles. The Morgan fingerprint density at radius 3 is 2.64 bits per heavy atom. The van der Waals surface area contributed by atoms with Gasteiger partial charge in [-0.2, -0.15) is 4.31 Å². The Kier molecular flexibility index (Phi) is 7.02. The van der Waals surface area contributed by atoms with Crippen LogP contribution in [0.15, 0.2) is 53.6 Å². The maximum atomic E-state index is 13.0. The minimum absolute atomic E-state index is 0.106. The third-order valence-electron chi connectivity index (χ3n) is 5.44. The average Bonchev–Trinajstić information content (AvgIpc) is 2.84. The van der Waals surface area contributed by atoms with E-state index in [-0.39, 0.29) is 17.2 Å². The van der Waals surface area contributed by atoms with E-state index in [1.807, 2.05) is 6.07 Å². The van der Waals surface area contributed by atoms with Crippen molar-refractivity contribution in [3.63, 3.8) is 0 Å². The van der Waals surface area contributed by atoms with Crippen LogP contribution in [0, 0.1) is 0 Å². The molecule has 0 atom stereocenters. The number of anilines is 1. The first-order chi connectivity index (χ1) is 15.9. The molecule has 1 fully saturated rings. The van der Waals surface area contributed by atoms with Crippen molar-refractivity contribution >= 4 is 44.1 Å². The Hall–Kier alpha value is -2.88. The number of benzene rings is 2. The molecule has 1 N–H and O–H groups in total. The monoisotopic (exact) mass is 489 g/mol. The van der Waals surface area contributed by atoms with Gasteiger partial charge in [0.1, 0.15) is 17.0 Å². The summed E-state index contributed by atoms with van der Waals surface area (Å²) in [6.45, 7) is 0.680. The molecule has 0 saturated carbocycles. The van der Waals surface area contributed by atoms with Gasteiger partial charge >= 0.3 is 0 Å². The number of nitrogens with zero attached hydrogens (tertiary/aromatic N) is 2. The first-order valence-corrected chi connectivity index (χ1v) is 12.4. The molecule has 33 heavy (non-hydrogen) atoms. The second kappa shape index (κ2) is 9.94. The zero-order valence-corrected chi connectivity index (χ0v) is 19.7. The molecule has 1 aromatic heterocycles. The highest BCUT2D eigenvalue weighted by Gasteiger charge is 2.27. The Balaban J connectivity index is 1.51. The predicted molar refractivity (Wildman–Crippen MR) is 126 cm³/mol. The fourth-order valence-corrected chi connectivity index (χ4v) is 5.52. The molecule has 1 aliphatic heterocycles. The van der Waals surface area contributed by atoms with E-state index in [0.29, 0.717) is 35.1 Å². The van der Waals surface area contributed by atoms with E-state index < -0.39 is 15.9 Å². The van der Waals surface area contributed by atoms with E-state index >= 15 is 0 Å². The zero-order valence-electron chi connectivity index (χ0n) is 18.1. The molecule has 1 aliphatic rings. The number of rotatable bonds is 7. The fourth-order valence-electron chi connectivity index (χ4n) is 3.76. The maximum Gasteiger partial charge on any atom is 0.262 e. The van der Waals surface area contributed by atoms with Crippen molar-refractivity contribution in [1.82, 2.24) is 9.29 Å². The number of piperidine rings is 1. The van der Waals surface area contributed by atoms with E-state index in [0.717, 1.165) is 24.6 Å². The topological polar surface area (TPSA) is 97.8 Å². The van der Waals surface area contributed by atoms with Gasteiger partial charge < -0.3 is 14.8 Å². The Morgan fingerprint density at radius 1 is 1.12 bits per heavy atom. The number of methoxy groups -OCH3 is 1. The Labute approximate surface area is 197 Å². The standard InChI is InChI=1S/C23H24ClN3O5S/c1-31-20-9-7-16(33(29,30)27-12-3-2-4-13-27)14-19(20)26-22(28)15-32-21-10-8-18(24)17-6-5-11-25-23(17)21/h5-11,14H,2-4,12-13,15H2,1H3,(H,26,28). The minimum atomic E-state index is -3.65. The SMILES string of the molecule is COc1ccc(S(=O)(=O)N2CCCCC2)cc1NC(=O)COc1ccc(Cl)c2cccnc12. The molecule has 0 unspecified atom stereocenters. The number of carbonyl (C=O) groups excluding carboxylic acids is 1. The molecule has 2 aromatic carbocycles. The van der Waals surface area contributed by atoms with Crippen molar-refractivity contribution in [3.05, 3.63) is 53.7 Å². The first kappa shape index (κ1) is 23.3. The number of hydrogen-bond acceptors (Lipinski definition) is 6. The molecular weight excluding hydrogens is 466 g/mol. The van der Waals surface area contributed by atoms with Crippen molar-refractivity contribution < 1.29 is 22.7 Å². The van der Waals surface area contributed by atoms with Gasteiger partial charge in [-0.05, 0) is 55.3 Å². The van der Waals surface area contributed by atoms with Gasteiger partial charge in [0.05, 0.1) is 22.7 Å². The summed E-state index contributed by atoms with van der Waals surface area (Å²) >= 11 is 6.20. The number of halogens is 1.